The molecule has 0 unspecified atom stereocenters. The van der Waals surface area contributed by atoms with Gasteiger partial charge in [-0.2, -0.15) is 0 Å². The van der Waals surface area contributed by atoms with Gasteiger partial charge in [-0.25, -0.2) is 4.98 Å². The van der Waals surface area contributed by atoms with E-state index >= 15 is 0 Å². The number of nitrogens with zero attached hydrogens (tertiary/aromatic N) is 1. The third-order valence-electron chi connectivity index (χ3n) is 5.02. The fourth-order valence-corrected chi connectivity index (χ4v) is 4.60. The highest BCUT2D eigenvalue weighted by Crippen LogP contribution is 2.37. The molecule has 2 N–H and O–H groups in total. The Morgan fingerprint density at radius 2 is 1.57 bits per heavy atom. The van der Waals surface area contributed by atoms with Crippen LogP contribution in [-0.2, 0) is 0 Å². The Hall–Kier alpha value is -3.64. The van der Waals surface area contributed by atoms with E-state index in [9.17, 15) is 9.59 Å². The van der Waals surface area contributed by atoms with Gasteiger partial charge in [-0.3, -0.25) is 9.59 Å². The molecule has 0 fully saturated rings. The van der Waals surface area contributed by atoms with Gasteiger partial charge in [0.2, 0.25) is 0 Å². The van der Waals surface area contributed by atoms with Gasteiger partial charge in [-0.15, -0.1) is 0 Å². The molecule has 0 bridgehead atoms. The summed E-state index contributed by atoms with van der Waals surface area (Å²) in [6.07, 6.45) is 1.75. The van der Waals surface area contributed by atoms with Gasteiger partial charge in [0.25, 0.3) is 5.56 Å². The van der Waals surface area contributed by atoms with Gasteiger partial charge in [0, 0.05) is 22.7 Å². The lowest BCUT2D eigenvalue weighted by Crippen LogP contribution is -2.13. The van der Waals surface area contributed by atoms with Crippen LogP contribution < -0.4 is 5.56 Å². The summed E-state index contributed by atoms with van der Waals surface area (Å²) >= 11 is 1.26. The molecule has 6 heteroatoms. The maximum absolute atomic E-state index is 13.6. The molecule has 0 aliphatic rings. The van der Waals surface area contributed by atoms with Crippen LogP contribution >= 0.6 is 11.8 Å². The molecule has 5 rings (SSSR count). The fourth-order valence-electron chi connectivity index (χ4n) is 3.55. The highest BCUT2D eigenvalue weighted by atomic mass is 32.2. The van der Waals surface area contributed by atoms with E-state index in [1.165, 1.54) is 11.8 Å². The lowest BCUT2D eigenvalue weighted by Gasteiger charge is -2.15. The number of hydrogen-bond donors (Lipinski definition) is 2. The smallest absolute Gasteiger partial charge is 0.259 e. The largest absolute Gasteiger partial charge is 0.360 e. The molecule has 2 aromatic heterocycles. The van der Waals surface area contributed by atoms with Gasteiger partial charge < -0.3 is 9.97 Å². The van der Waals surface area contributed by atoms with Crippen LogP contribution in [-0.4, -0.2) is 20.7 Å². The minimum absolute atomic E-state index is 0.0422. The van der Waals surface area contributed by atoms with Gasteiger partial charge in [-0.1, -0.05) is 72.4 Å². The topological polar surface area (TPSA) is 78.6 Å². The molecule has 0 aliphatic carbocycles. The fraction of sp³-hybridized carbons (Fsp3) is 0.0417. The van der Waals surface area contributed by atoms with Crippen LogP contribution in [0.25, 0.3) is 21.8 Å². The monoisotopic (exact) mass is 411 g/mol. The molecule has 146 valence electrons. The summed E-state index contributed by atoms with van der Waals surface area (Å²) in [5.74, 6) is -0.0422. The third-order valence-corrected chi connectivity index (χ3v) is 6.15. The van der Waals surface area contributed by atoms with Crippen LogP contribution in [0, 0.1) is 0 Å². The molecule has 0 aliphatic heterocycles. The van der Waals surface area contributed by atoms with Gasteiger partial charge in [-0.05, 0) is 23.8 Å². The zero-order chi connectivity index (χ0) is 20.5. The predicted octanol–water partition coefficient (Wildman–Crippen LogP) is 5.12. The number of aromatic nitrogens is 3. The summed E-state index contributed by atoms with van der Waals surface area (Å²) in [4.78, 5) is 36.7. The van der Waals surface area contributed by atoms with Crippen LogP contribution in [0.3, 0.4) is 0 Å². The highest BCUT2D eigenvalue weighted by molar-refractivity contribution is 8.00. The quantitative estimate of drug-likeness (QED) is 0.239. The number of hydrogen-bond acceptors (Lipinski definition) is 4. The summed E-state index contributed by atoms with van der Waals surface area (Å²) < 4.78 is 0. The van der Waals surface area contributed by atoms with E-state index in [-0.39, 0.29) is 11.3 Å². The number of rotatable bonds is 5. The number of nitrogens with one attached hydrogen (secondary N) is 2. The molecule has 2 heterocycles. The van der Waals surface area contributed by atoms with Crippen LogP contribution in [0.15, 0.2) is 95.0 Å². The van der Waals surface area contributed by atoms with E-state index in [1.54, 1.807) is 24.4 Å². The summed E-state index contributed by atoms with van der Waals surface area (Å²) in [6.45, 7) is 0. The van der Waals surface area contributed by atoms with E-state index < -0.39 is 5.25 Å². The summed E-state index contributed by atoms with van der Waals surface area (Å²) in [5, 5.41) is 1.28. The molecule has 5 nitrogen and oxygen atoms in total. The first-order valence-electron chi connectivity index (χ1n) is 9.52. The first-order chi connectivity index (χ1) is 14.7. The Morgan fingerprint density at radius 1 is 0.867 bits per heavy atom. The first kappa shape index (κ1) is 18.4. The Labute approximate surface area is 176 Å². The molecule has 0 saturated heterocycles. The van der Waals surface area contributed by atoms with Crippen molar-refractivity contribution >= 4 is 39.4 Å². The maximum atomic E-state index is 13.6. The van der Waals surface area contributed by atoms with E-state index in [1.807, 2.05) is 60.7 Å². The van der Waals surface area contributed by atoms with Crippen LogP contribution in [0.4, 0.5) is 0 Å². The van der Waals surface area contributed by atoms with Gasteiger partial charge in [0.1, 0.15) is 5.25 Å². The number of H-pyrrole nitrogens is 2. The summed E-state index contributed by atoms with van der Waals surface area (Å²) in [7, 11) is 0. The van der Waals surface area contributed by atoms with E-state index in [0.717, 1.165) is 16.5 Å². The van der Waals surface area contributed by atoms with Gasteiger partial charge in [0.15, 0.2) is 10.9 Å². The number of benzene rings is 3. The third kappa shape index (κ3) is 3.31. The minimum atomic E-state index is -0.547. The van der Waals surface area contributed by atoms with Crippen molar-refractivity contribution in [3.05, 3.63) is 107 Å². The van der Waals surface area contributed by atoms with Crippen LogP contribution in [0.2, 0.25) is 0 Å². The molecule has 3 aromatic carbocycles. The molecule has 1 atom stereocenters. The van der Waals surface area contributed by atoms with Crippen molar-refractivity contribution < 1.29 is 4.79 Å². The summed E-state index contributed by atoms with van der Waals surface area (Å²) in [5.41, 5.74) is 2.78. The van der Waals surface area contributed by atoms with Crippen molar-refractivity contribution in [2.24, 2.45) is 0 Å². The van der Waals surface area contributed by atoms with Gasteiger partial charge in [0.05, 0.1) is 10.9 Å². The molecular formula is C24H17N3O2S. The number of fused-ring (bicyclic) bond motifs is 2. The van der Waals surface area contributed by atoms with Crippen molar-refractivity contribution in [1.82, 2.24) is 15.0 Å². The summed E-state index contributed by atoms with van der Waals surface area (Å²) in [6, 6.07) is 24.5. The van der Waals surface area contributed by atoms with E-state index in [4.69, 9.17) is 0 Å². The van der Waals surface area contributed by atoms with Crippen LogP contribution in [0.1, 0.15) is 21.2 Å². The number of ketones is 1. The second-order valence-corrected chi connectivity index (χ2v) is 8.00. The molecule has 0 spiro atoms. The van der Waals surface area contributed by atoms with Crippen molar-refractivity contribution in [2.75, 3.05) is 0 Å². The Bertz CT molecular complexity index is 1420. The minimum Gasteiger partial charge on any atom is -0.360 e. The van der Waals surface area contributed by atoms with Gasteiger partial charge >= 0.3 is 0 Å². The zero-order valence-corrected chi connectivity index (χ0v) is 16.6. The van der Waals surface area contributed by atoms with Crippen molar-refractivity contribution in [3.63, 3.8) is 0 Å². The lowest BCUT2D eigenvalue weighted by molar-refractivity contribution is 0.0991. The first-order valence-corrected chi connectivity index (χ1v) is 10.4. The Kier molecular flexibility index (Phi) is 4.69. The predicted molar refractivity (Wildman–Crippen MR) is 120 cm³/mol. The number of thioether (sulfide) groups is 1. The molecular weight excluding hydrogens is 394 g/mol. The molecule has 0 amide bonds. The standard InChI is InChI=1S/C24H17N3O2S/c28-21(18-14-25-19-12-6-4-10-16(18)19)22(15-8-2-1-3-9-15)30-24-26-20-13-7-5-11-17(20)23(29)27-24/h1-14,22,25H,(H,26,27,29)/t22-/m0/s1. The molecule has 30 heavy (non-hydrogen) atoms. The normalized spacial score (nSPS) is 12.3. The number of Topliss-reactive ketones (excluding diaryl/α,β-unsaturated/α-hetero) is 1. The second-order valence-electron chi connectivity index (χ2n) is 6.91. The van der Waals surface area contributed by atoms with Crippen molar-refractivity contribution in [3.8, 4) is 0 Å². The lowest BCUT2D eigenvalue weighted by atomic mass is 10.0. The SMILES string of the molecule is O=C(c1c[nH]c2ccccc12)[C@@H](Sc1nc2ccccc2c(=O)[nH]1)c1ccccc1. The molecule has 0 saturated carbocycles. The Morgan fingerprint density at radius 3 is 2.40 bits per heavy atom. The highest BCUT2D eigenvalue weighted by Gasteiger charge is 2.26. The zero-order valence-electron chi connectivity index (χ0n) is 15.8. The second kappa shape index (κ2) is 7.65. The maximum Gasteiger partial charge on any atom is 0.259 e. The molecule has 5 aromatic rings. The van der Waals surface area contributed by atoms with E-state index in [0.29, 0.717) is 21.6 Å². The average molecular weight is 411 g/mol. The van der Waals surface area contributed by atoms with Crippen molar-refractivity contribution in [2.45, 2.75) is 10.4 Å². The number of para-hydroxylation sites is 2. The van der Waals surface area contributed by atoms with Crippen LogP contribution in [0.5, 0.6) is 0 Å². The number of carbonyl (C=O) groups excluding carboxylic acids is 1. The van der Waals surface area contributed by atoms with E-state index in [2.05, 4.69) is 15.0 Å². The van der Waals surface area contributed by atoms with Crippen molar-refractivity contribution in [1.29, 1.82) is 0 Å². The average Bonchev–Trinajstić information content (AvgIpc) is 3.22. The Balaban J connectivity index is 1.60. The number of aromatic amines is 2. The molecule has 0 radical (unpaired) electrons. The number of carbonyl (C=O) groups is 1.